The summed E-state index contributed by atoms with van der Waals surface area (Å²) in [5.74, 6) is -0.967. The molecule has 1 aliphatic rings. The molecule has 1 fully saturated rings. The number of hydrogen-bond acceptors (Lipinski definition) is 4. The van der Waals surface area contributed by atoms with E-state index in [2.05, 4.69) is 10.6 Å². The molecule has 0 aromatic heterocycles. The fraction of sp³-hybridized carbons (Fsp3) is 0.429. The Morgan fingerprint density at radius 2 is 2.14 bits per heavy atom. The molecule has 6 nitrogen and oxygen atoms in total. The van der Waals surface area contributed by atoms with Crippen molar-refractivity contribution in [2.75, 3.05) is 25.5 Å². The molecule has 0 spiro atoms. The first-order valence-corrected chi connectivity index (χ1v) is 6.94. The van der Waals surface area contributed by atoms with Gasteiger partial charge < -0.3 is 20.5 Å². The minimum absolute atomic E-state index is 0.0447. The largest absolute Gasteiger partial charge is 0.496 e. The van der Waals surface area contributed by atoms with Crippen LogP contribution in [0.3, 0.4) is 0 Å². The van der Waals surface area contributed by atoms with Gasteiger partial charge in [-0.15, -0.1) is 0 Å². The van der Waals surface area contributed by atoms with Gasteiger partial charge in [-0.05, 0) is 25.1 Å². The molecule has 21 heavy (non-hydrogen) atoms. The number of anilines is 1. The number of methoxy groups -OCH3 is 1. The molecule has 0 saturated carbocycles. The summed E-state index contributed by atoms with van der Waals surface area (Å²) in [4.78, 5) is 23.2. The summed E-state index contributed by atoms with van der Waals surface area (Å²) in [5.41, 5.74) is 0.305. The highest BCUT2D eigenvalue weighted by Gasteiger charge is 2.29. The Morgan fingerprint density at radius 3 is 2.62 bits per heavy atom. The topological polar surface area (TPSA) is 87.7 Å². The van der Waals surface area contributed by atoms with Crippen LogP contribution >= 0.6 is 11.6 Å². The van der Waals surface area contributed by atoms with Crippen molar-refractivity contribution in [2.45, 2.75) is 6.92 Å². The van der Waals surface area contributed by atoms with Crippen molar-refractivity contribution >= 4 is 29.2 Å². The van der Waals surface area contributed by atoms with Gasteiger partial charge in [-0.25, -0.2) is 4.79 Å². The van der Waals surface area contributed by atoms with Crippen LogP contribution in [0.5, 0.6) is 5.75 Å². The Hall–Kier alpha value is -1.79. The first kappa shape index (κ1) is 15.6. The molecule has 1 aromatic rings. The average molecular weight is 313 g/mol. The third-order valence-corrected chi connectivity index (χ3v) is 4.02. The zero-order valence-electron chi connectivity index (χ0n) is 11.8. The minimum Gasteiger partial charge on any atom is -0.496 e. The Bertz CT molecular complexity index is 572. The predicted octanol–water partition coefficient (Wildman–Crippen LogP) is 1.84. The summed E-state index contributed by atoms with van der Waals surface area (Å²) in [5, 5.41) is 15.1. The van der Waals surface area contributed by atoms with E-state index >= 15 is 0 Å². The SMILES string of the molecule is COc1cc(NC(=O)C(C)C2CNC2)c(Cl)cc1C(=O)O. The van der Waals surface area contributed by atoms with Crippen molar-refractivity contribution in [1.82, 2.24) is 5.32 Å². The number of carboxylic acids is 1. The highest BCUT2D eigenvalue weighted by atomic mass is 35.5. The molecule has 1 atom stereocenters. The molecule has 1 aromatic carbocycles. The van der Waals surface area contributed by atoms with Gasteiger partial charge in [0.05, 0.1) is 17.8 Å². The maximum absolute atomic E-state index is 12.2. The monoisotopic (exact) mass is 312 g/mol. The van der Waals surface area contributed by atoms with E-state index in [1.807, 2.05) is 6.92 Å². The number of carboxylic acid groups (broad SMARTS) is 1. The predicted molar refractivity (Wildman–Crippen MR) is 79.1 cm³/mol. The van der Waals surface area contributed by atoms with Crippen molar-refractivity contribution in [3.63, 3.8) is 0 Å². The van der Waals surface area contributed by atoms with Crippen LogP contribution in [0.1, 0.15) is 17.3 Å². The number of nitrogens with one attached hydrogen (secondary N) is 2. The smallest absolute Gasteiger partial charge is 0.339 e. The molecule has 2 rings (SSSR count). The van der Waals surface area contributed by atoms with Gasteiger partial charge in [-0.2, -0.15) is 0 Å². The summed E-state index contributed by atoms with van der Waals surface area (Å²) >= 11 is 6.03. The van der Waals surface area contributed by atoms with Gasteiger partial charge in [0.1, 0.15) is 11.3 Å². The lowest BCUT2D eigenvalue weighted by atomic mass is 9.88. The van der Waals surface area contributed by atoms with E-state index in [0.29, 0.717) is 11.6 Å². The van der Waals surface area contributed by atoms with Gasteiger partial charge in [-0.3, -0.25) is 4.79 Å². The number of hydrogen-bond donors (Lipinski definition) is 3. The Balaban J connectivity index is 2.19. The van der Waals surface area contributed by atoms with E-state index in [-0.39, 0.29) is 28.2 Å². The maximum atomic E-state index is 12.2. The van der Waals surface area contributed by atoms with Gasteiger partial charge in [0.2, 0.25) is 5.91 Å². The molecule has 0 radical (unpaired) electrons. The van der Waals surface area contributed by atoms with Crippen LogP contribution in [0.2, 0.25) is 5.02 Å². The van der Waals surface area contributed by atoms with Crippen LogP contribution in [-0.2, 0) is 4.79 Å². The van der Waals surface area contributed by atoms with Crippen LogP contribution in [0.25, 0.3) is 0 Å². The Labute approximate surface area is 127 Å². The highest BCUT2D eigenvalue weighted by Crippen LogP contribution is 2.31. The number of carbonyl (C=O) groups excluding carboxylic acids is 1. The second-order valence-electron chi connectivity index (χ2n) is 5.03. The maximum Gasteiger partial charge on any atom is 0.339 e. The molecule has 1 amide bonds. The molecular weight excluding hydrogens is 296 g/mol. The quantitative estimate of drug-likeness (QED) is 0.772. The molecular formula is C14H17ClN2O4. The van der Waals surface area contributed by atoms with Crippen LogP contribution < -0.4 is 15.4 Å². The molecule has 114 valence electrons. The lowest BCUT2D eigenvalue weighted by molar-refractivity contribution is -0.121. The van der Waals surface area contributed by atoms with Gasteiger partial charge in [0.25, 0.3) is 0 Å². The fourth-order valence-electron chi connectivity index (χ4n) is 2.11. The first-order valence-electron chi connectivity index (χ1n) is 6.56. The number of halogens is 1. The van der Waals surface area contributed by atoms with Crippen LogP contribution in [0.4, 0.5) is 5.69 Å². The molecule has 1 unspecified atom stereocenters. The van der Waals surface area contributed by atoms with Crippen molar-refractivity contribution in [3.8, 4) is 5.75 Å². The number of amides is 1. The number of aromatic carboxylic acids is 1. The fourth-order valence-corrected chi connectivity index (χ4v) is 2.32. The van der Waals surface area contributed by atoms with Crippen molar-refractivity contribution in [2.24, 2.45) is 11.8 Å². The normalized spacial score (nSPS) is 16.0. The zero-order valence-corrected chi connectivity index (χ0v) is 12.5. The van der Waals surface area contributed by atoms with Crippen LogP contribution in [-0.4, -0.2) is 37.2 Å². The van der Waals surface area contributed by atoms with E-state index < -0.39 is 5.97 Å². The summed E-state index contributed by atoms with van der Waals surface area (Å²) in [6.07, 6.45) is 0. The van der Waals surface area contributed by atoms with E-state index in [1.165, 1.54) is 19.2 Å². The standard InChI is InChI=1S/C14H17ClN2O4/c1-7(8-5-16-6-8)13(18)17-11-4-12(21-2)9(14(19)20)3-10(11)15/h3-4,7-8,16H,5-6H2,1-2H3,(H,17,18)(H,19,20). The van der Waals surface area contributed by atoms with Gasteiger partial charge >= 0.3 is 5.97 Å². The molecule has 7 heteroatoms. The molecule has 0 aliphatic carbocycles. The summed E-state index contributed by atoms with van der Waals surface area (Å²) in [6, 6.07) is 2.70. The third-order valence-electron chi connectivity index (χ3n) is 3.71. The Morgan fingerprint density at radius 1 is 1.48 bits per heavy atom. The van der Waals surface area contributed by atoms with Gasteiger partial charge in [0, 0.05) is 12.0 Å². The molecule has 0 bridgehead atoms. The van der Waals surface area contributed by atoms with Crippen molar-refractivity contribution in [3.05, 3.63) is 22.7 Å². The van der Waals surface area contributed by atoms with E-state index in [9.17, 15) is 9.59 Å². The van der Waals surface area contributed by atoms with Crippen LogP contribution in [0.15, 0.2) is 12.1 Å². The van der Waals surface area contributed by atoms with E-state index in [4.69, 9.17) is 21.4 Å². The van der Waals surface area contributed by atoms with E-state index in [0.717, 1.165) is 13.1 Å². The van der Waals surface area contributed by atoms with Crippen molar-refractivity contribution in [1.29, 1.82) is 0 Å². The zero-order chi connectivity index (χ0) is 15.6. The molecule has 1 saturated heterocycles. The van der Waals surface area contributed by atoms with Crippen molar-refractivity contribution < 1.29 is 19.4 Å². The molecule has 1 heterocycles. The summed E-state index contributed by atoms with van der Waals surface area (Å²) in [7, 11) is 1.37. The number of rotatable bonds is 5. The van der Waals surface area contributed by atoms with E-state index in [1.54, 1.807) is 0 Å². The van der Waals surface area contributed by atoms with Crippen LogP contribution in [0, 0.1) is 11.8 Å². The number of benzene rings is 1. The molecule has 3 N–H and O–H groups in total. The Kier molecular flexibility index (Phi) is 4.69. The van der Waals surface area contributed by atoms with Gasteiger partial charge in [0.15, 0.2) is 0 Å². The lowest BCUT2D eigenvalue weighted by Gasteiger charge is -2.31. The second-order valence-corrected chi connectivity index (χ2v) is 5.44. The first-order chi connectivity index (χ1) is 9.93. The third kappa shape index (κ3) is 3.28. The minimum atomic E-state index is -1.14. The summed E-state index contributed by atoms with van der Waals surface area (Å²) < 4.78 is 5.02. The number of carbonyl (C=O) groups is 2. The highest BCUT2D eigenvalue weighted by molar-refractivity contribution is 6.34. The lowest BCUT2D eigenvalue weighted by Crippen LogP contribution is -2.48. The van der Waals surface area contributed by atoms with Gasteiger partial charge in [-0.1, -0.05) is 18.5 Å². The molecule has 1 aliphatic heterocycles. The second kappa shape index (κ2) is 6.32. The summed E-state index contributed by atoms with van der Waals surface area (Å²) in [6.45, 7) is 3.50. The average Bonchev–Trinajstić information content (AvgIpc) is 2.38. The number of ether oxygens (including phenoxy) is 1.